The molecule has 0 radical (unpaired) electrons. The van der Waals surface area contributed by atoms with Crippen molar-refractivity contribution in [1.29, 1.82) is 0 Å². The number of hydrogen-bond acceptors (Lipinski definition) is 2. The first-order valence-corrected chi connectivity index (χ1v) is 6.75. The lowest BCUT2D eigenvalue weighted by Gasteiger charge is -2.18. The summed E-state index contributed by atoms with van der Waals surface area (Å²) in [6.07, 6.45) is 3.71. The molecule has 0 fully saturated rings. The summed E-state index contributed by atoms with van der Waals surface area (Å²) >= 11 is 0. The highest BCUT2D eigenvalue weighted by atomic mass is 16.2. The molecule has 0 aromatic heterocycles. The molecule has 0 rings (SSSR count). The van der Waals surface area contributed by atoms with Crippen LogP contribution >= 0.6 is 0 Å². The second-order valence-corrected chi connectivity index (χ2v) is 4.14. The van der Waals surface area contributed by atoms with Crippen LogP contribution < -0.4 is 11.5 Å². The number of rotatable bonds is 7. The Morgan fingerprint density at radius 1 is 1.22 bits per heavy atom. The van der Waals surface area contributed by atoms with Crippen molar-refractivity contribution in [1.82, 2.24) is 4.90 Å². The first-order valence-electron chi connectivity index (χ1n) is 6.75. The van der Waals surface area contributed by atoms with Gasteiger partial charge in [-0.1, -0.05) is 27.2 Å². The van der Waals surface area contributed by atoms with E-state index in [1.54, 1.807) is 19.0 Å². The number of amides is 1. The lowest BCUT2D eigenvalue weighted by Crippen LogP contribution is -2.29. The van der Waals surface area contributed by atoms with Gasteiger partial charge in [-0.3, -0.25) is 9.79 Å². The summed E-state index contributed by atoms with van der Waals surface area (Å²) in [6.45, 7) is 6.69. The monoisotopic (exact) mass is 258 g/mol. The van der Waals surface area contributed by atoms with Crippen LogP contribution in [0.2, 0.25) is 0 Å². The van der Waals surface area contributed by atoms with Crippen LogP contribution in [0, 0.1) is 5.92 Å². The van der Waals surface area contributed by atoms with Crippen molar-refractivity contribution in [3.8, 4) is 0 Å². The van der Waals surface area contributed by atoms with Gasteiger partial charge in [0, 0.05) is 26.6 Å². The highest BCUT2D eigenvalue weighted by molar-refractivity contribution is 5.78. The van der Waals surface area contributed by atoms with Crippen molar-refractivity contribution in [2.45, 2.75) is 46.5 Å². The van der Waals surface area contributed by atoms with Gasteiger partial charge in [-0.25, -0.2) is 0 Å². The van der Waals surface area contributed by atoms with Crippen LogP contribution in [-0.4, -0.2) is 37.4 Å². The number of hydrogen-bond donors (Lipinski definition) is 2. The zero-order valence-corrected chi connectivity index (χ0v) is 12.6. The average Bonchev–Trinajstić information content (AvgIpc) is 2.35. The molecule has 1 unspecified atom stereocenters. The molecule has 0 saturated carbocycles. The molecule has 108 valence electrons. The summed E-state index contributed by atoms with van der Waals surface area (Å²) in [7, 11) is 3.59. The minimum atomic E-state index is 0.134. The van der Waals surface area contributed by atoms with Gasteiger partial charge in [0.25, 0.3) is 0 Å². The maximum atomic E-state index is 11.7. The average molecular weight is 258 g/mol. The van der Waals surface area contributed by atoms with E-state index in [1.807, 2.05) is 20.8 Å². The van der Waals surface area contributed by atoms with E-state index in [4.69, 9.17) is 11.5 Å². The Labute approximate surface area is 112 Å². The fourth-order valence-electron chi connectivity index (χ4n) is 1.58. The third-order valence-electron chi connectivity index (χ3n) is 2.54. The summed E-state index contributed by atoms with van der Waals surface area (Å²) in [6, 6.07) is 0. The predicted molar refractivity (Wildman–Crippen MR) is 78.4 cm³/mol. The lowest BCUT2D eigenvalue weighted by molar-refractivity contribution is -0.133. The van der Waals surface area contributed by atoms with Crippen LogP contribution in [0.25, 0.3) is 0 Å². The number of carbonyl (C=O) groups is 1. The highest BCUT2D eigenvalue weighted by Gasteiger charge is 2.17. The van der Waals surface area contributed by atoms with Crippen LogP contribution in [0.5, 0.6) is 0 Å². The SMILES string of the molecule is CC.CCC(CCCCN=C(N)N)C(=O)N(C)C. The number of nitrogens with two attached hydrogens (primary N) is 2. The van der Waals surface area contributed by atoms with E-state index in [-0.39, 0.29) is 17.8 Å². The molecule has 1 atom stereocenters. The molecule has 0 aliphatic heterocycles. The van der Waals surface area contributed by atoms with E-state index in [9.17, 15) is 4.79 Å². The summed E-state index contributed by atoms with van der Waals surface area (Å²) in [5, 5.41) is 0. The number of guanidine groups is 1. The second-order valence-electron chi connectivity index (χ2n) is 4.14. The second kappa shape index (κ2) is 12.2. The van der Waals surface area contributed by atoms with Crippen molar-refractivity contribution in [3.05, 3.63) is 0 Å². The number of nitrogens with zero attached hydrogens (tertiary/aromatic N) is 2. The maximum Gasteiger partial charge on any atom is 0.225 e. The third-order valence-corrected chi connectivity index (χ3v) is 2.54. The molecule has 0 saturated heterocycles. The van der Waals surface area contributed by atoms with Crippen molar-refractivity contribution in [3.63, 3.8) is 0 Å². The minimum absolute atomic E-state index is 0.134. The van der Waals surface area contributed by atoms with Crippen LogP contribution in [-0.2, 0) is 4.79 Å². The topological polar surface area (TPSA) is 84.7 Å². The molecule has 0 aromatic rings. The molecule has 0 aliphatic rings. The zero-order chi connectivity index (χ0) is 14.6. The number of unbranched alkanes of at least 4 members (excludes halogenated alkanes) is 1. The molecular weight excluding hydrogens is 228 g/mol. The Hall–Kier alpha value is -1.26. The van der Waals surface area contributed by atoms with E-state index < -0.39 is 0 Å². The number of aliphatic imine (C=N–C) groups is 1. The van der Waals surface area contributed by atoms with Gasteiger partial charge in [0.2, 0.25) is 5.91 Å². The molecule has 0 aliphatic carbocycles. The quantitative estimate of drug-likeness (QED) is 0.413. The largest absolute Gasteiger partial charge is 0.370 e. The van der Waals surface area contributed by atoms with E-state index in [1.165, 1.54) is 0 Å². The van der Waals surface area contributed by atoms with Crippen LogP contribution in [0.15, 0.2) is 4.99 Å². The van der Waals surface area contributed by atoms with Gasteiger partial charge < -0.3 is 16.4 Å². The van der Waals surface area contributed by atoms with Crippen LogP contribution in [0.3, 0.4) is 0 Å². The van der Waals surface area contributed by atoms with Gasteiger partial charge in [0.1, 0.15) is 0 Å². The molecule has 0 aromatic carbocycles. The van der Waals surface area contributed by atoms with E-state index >= 15 is 0 Å². The fourth-order valence-corrected chi connectivity index (χ4v) is 1.58. The Morgan fingerprint density at radius 3 is 2.17 bits per heavy atom. The van der Waals surface area contributed by atoms with Gasteiger partial charge in [-0.15, -0.1) is 0 Å². The van der Waals surface area contributed by atoms with Crippen LogP contribution in [0.1, 0.15) is 46.5 Å². The zero-order valence-electron chi connectivity index (χ0n) is 12.6. The van der Waals surface area contributed by atoms with Gasteiger partial charge in [0.15, 0.2) is 5.96 Å². The molecule has 18 heavy (non-hydrogen) atoms. The van der Waals surface area contributed by atoms with Crippen molar-refractivity contribution in [2.75, 3.05) is 20.6 Å². The van der Waals surface area contributed by atoms with Crippen molar-refractivity contribution >= 4 is 11.9 Å². The molecule has 5 nitrogen and oxygen atoms in total. The Kier molecular flexibility index (Phi) is 12.9. The first-order chi connectivity index (χ1) is 8.49. The first kappa shape index (κ1) is 19.1. The van der Waals surface area contributed by atoms with E-state index in [0.717, 1.165) is 25.7 Å². The smallest absolute Gasteiger partial charge is 0.225 e. The van der Waals surface area contributed by atoms with Crippen LogP contribution in [0.4, 0.5) is 0 Å². The van der Waals surface area contributed by atoms with Crippen molar-refractivity contribution < 1.29 is 4.79 Å². The van der Waals surface area contributed by atoms with Crippen molar-refractivity contribution in [2.24, 2.45) is 22.4 Å². The van der Waals surface area contributed by atoms with Gasteiger partial charge in [-0.05, 0) is 19.3 Å². The molecule has 0 bridgehead atoms. The standard InChI is InChI=1S/C11H24N4O.C2H6/c1-4-9(10(16)15(2)3)7-5-6-8-14-11(12)13;1-2/h9H,4-8H2,1-3H3,(H4,12,13,14);1-2H3. The van der Waals surface area contributed by atoms with E-state index in [2.05, 4.69) is 4.99 Å². The molecule has 0 spiro atoms. The summed E-state index contributed by atoms with van der Waals surface area (Å²) in [4.78, 5) is 17.3. The summed E-state index contributed by atoms with van der Waals surface area (Å²) < 4.78 is 0. The number of carbonyl (C=O) groups excluding carboxylic acids is 1. The molecule has 0 heterocycles. The molecule has 1 amide bonds. The Balaban J connectivity index is 0. The minimum Gasteiger partial charge on any atom is -0.370 e. The molecule has 5 heteroatoms. The normalized spacial score (nSPS) is 10.9. The molecule has 4 N–H and O–H groups in total. The Morgan fingerprint density at radius 2 is 1.78 bits per heavy atom. The van der Waals surface area contributed by atoms with E-state index in [0.29, 0.717) is 6.54 Å². The fraction of sp³-hybridized carbons (Fsp3) is 0.846. The summed E-state index contributed by atoms with van der Waals surface area (Å²) in [5.74, 6) is 0.481. The Bertz CT molecular complexity index is 235. The lowest BCUT2D eigenvalue weighted by atomic mass is 9.98. The highest BCUT2D eigenvalue weighted by Crippen LogP contribution is 2.14. The van der Waals surface area contributed by atoms with Gasteiger partial charge >= 0.3 is 0 Å². The van der Waals surface area contributed by atoms with Gasteiger partial charge in [-0.2, -0.15) is 0 Å². The van der Waals surface area contributed by atoms with Gasteiger partial charge in [0.05, 0.1) is 0 Å². The maximum absolute atomic E-state index is 11.7. The third kappa shape index (κ3) is 9.93. The molecular formula is C13H30N4O. The predicted octanol–water partition coefficient (Wildman–Crippen LogP) is 1.57. The summed E-state index contributed by atoms with van der Waals surface area (Å²) in [5.41, 5.74) is 10.4.